The third-order valence-corrected chi connectivity index (χ3v) is 5.47. The second-order valence-electron chi connectivity index (χ2n) is 8.05. The molecule has 2 aromatic rings. The van der Waals surface area contributed by atoms with Gasteiger partial charge in [-0.25, -0.2) is 4.39 Å². The SMILES string of the molecule is CCC#Cc1cc2c(NC3CCN(CC(O)COC)CC3F)cccc2n1CC(F)(F)F. The molecule has 0 amide bonds. The summed E-state index contributed by atoms with van der Waals surface area (Å²) in [6, 6.07) is 6.19. The summed E-state index contributed by atoms with van der Waals surface area (Å²) in [6.07, 6.45) is -5.22. The van der Waals surface area contributed by atoms with Crippen molar-refractivity contribution < 1.29 is 27.4 Å². The fourth-order valence-corrected chi connectivity index (χ4v) is 4.08. The number of piperidine rings is 1. The Kier molecular flexibility index (Phi) is 8.04. The van der Waals surface area contributed by atoms with Gasteiger partial charge in [0.2, 0.25) is 0 Å². The normalized spacial score (nSPS) is 20.7. The lowest BCUT2D eigenvalue weighted by Gasteiger charge is -2.36. The van der Waals surface area contributed by atoms with Gasteiger partial charge < -0.3 is 19.7 Å². The van der Waals surface area contributed by atoms with Crippen molar-refractivity contribution in [1.29, 1.82) is 0 Å². The van der Waals surface area contributed by atoms with Crippen molar-refractivity contribution in [3.05, 3.63) is 30.0 Å². The van der Waals surface area contributed by atoms with E-state index in [9.17, 15) is 22.7 Å². The van der Waals surface area contributed by atoms with Crippen molar-refractivity contribution in [2.45, 2.75) is 50.8 Å². The Labute approximate surface area is 185 Å². The molecule has 1 aromatic heterocycles. The van der Waals surface area contributed by atoms with Gasteiger partial charge in [0.05, 0.1) is 30.0 Å². The third kappa shape index (κ3) is 6.15. The summed E-state index contributed by atoms with van der Waals surface area (Å²) in [6.45, 7) is 1.97. The van der Waals surface area contributed by atoms with Crippen LogP contribution < -0.4 is 5.32 Å². The van der Waals surface area contributed by atoms with Crippen LogP contribution in [0.3, 0.4) is 0 Å². The topological polar surface area (TPSA) is 49.7 Å². The van der Waals surface area contributed by atoms with Gasteiger partial charge in [-0.1, -0.05) is 18.9 Å². The van der Waals surface area contributed by atoms with E-state index in [0.29, 0.717) is 42.5 Å². The van der Waals surface area contributed by atoms with Crippen LogP contribution in [0.5, 0.6) is 0 Å². The predicted octanol–water partition coefficient (Wildman–Crippen LogP) is 3.80. The van der Waals surface area contributed by atoms with E-state index < -0.39 is 31.0 Å². The average molecular weight is 455 g/mol. The molecule has 32 heavy (non-hydrogen) atoms. The summed E-state index contributed by atoms with van der Waals surface area (Å²) in [7, 11) is 1.50. The van der Waals surface area contributed by atoms with Gasteiger partial charge in [0.1, 0.15) is 12.7 Å². The van der Waals surface area contributed by atoms with Crippen molar-refractivity contribution in [3.8, 4) is 11.8 Å². The summed E-state index contributed by atoms with van der Waals surface area (Å²) in [5.74, 6) is 5.65. The molecule has 5 nitrogen and oxygen atoms in total. The Bertz CT molecular complexity index is 964. The fourth-order valence-electron chi connectivity index (χ4n) is 4.08. The summed E-state index contributed by atoms with van der Waals surface area (Å²) in [5, 5.41) is 13.7. The molecule has 3 rings (SSSR count). The van der Waals surface area contributed by atoms with Gasteiger partial charge in [-0.05, 0) is 30.5 Å². The first-order valence-electron chi connectivity index (χ1n) is 10.7. The zero-order valence-electron chi connectivity index (χ0n) is 18.3. The van der Waals surface area contributed by atoms with Gasteiger partial charge in [0, 0.05) is 44.2 Å². The minimum atomic E-state index is -4.39. The Morgan fingerprint density at radius 2 is 2.12 bits per heavy atom. The highest BCUT2D eigenvalue weighted by atomic mass is 19.4. The van der Waals surface area contributed by atoms with Crippen LogP contribution in [0.2, 0.25) is 0 Å². The number of β-amino-alcohol motifs (C(OH)–C–C–N with tert-alkyl or cyclic N) is 1. The number of aliphatic hydroxyl groups excluding tert-OH is 1. The molecule has 1 aliphatic rings. The molecule has 0 spiro atoms. The Morgan fingerprint density at radius 3 is 2.78 bits per heavy atom. The molecule has 3 atom stereocenters. The first-order chi connectivity index (χ1) is 15.2. The number of anilines is 1. The van der Waals surface area contributed by atoms with E-state index in [1.165, 1.54) is 7.11 Å². The van der Waals surface area contributed by atoms with Crippen molar-refractivity contribution in [2.75, 3.05) is 38.7 Å². The molecule has 9 heteroatoms. The number of hydrogen-bond donors (Lipinski definition) is 2. The zero-order valence-corrected chi connectivity index (χ0v) is 18.3. The fraction of sp³-hybridized carbons (Fsp3) is 0.565. The largest absolute Gasteiger partial charge is 0.406 e. The van der Waals surface area contributed by atoms with E-state index in [1.807, 2.05) is 11.8 Å². The maximum atomic E-state index is 14.9. The van der Waals surface area contributed by atoms with Gasteiger partial charge in [0.25, 0.3) is 0 Å². The van der Waals surface area contributed by atoms with Crippen molar-refractivity contribution in [3.63, 3.8) is 0 Å². The van der Waals surface area contributed by atoms with Gasteiger partial charge in [0.15, 0.2) is 0 Å². The number of halogens is 4. The minimum absolute atomic E-state index is 0.163. The molecule has 1 saturated heterocycles. The second kappa shape index (κ2) is 10.6. The zero-order chi connectivity index (χ0) is 23.3. The first-order valence-corrected chi connectivity index (χ1v) is 10.7. The highest BCUT2D eigenvalue weighted by Gasteiger charge is 2.32. The number of fused-ring (bicyclic) bond motifs is 1. The Morgan fingerprint density at radius 1 is 1.34 bits per heavy atom. The van der Waals surface area contributed by atoms with Crippen LogP contribution in [0.4, 0.5) is 23.2 Å². The Balaban J connectivity index is 1.81. The van der Waals surface area contributed by atoms with Gasteiger partial charge in [-0.15, -0.1) is 0 Å². The van der Waals surface area contributed by atoms with Crippen LogP contribution in [0, 0.1) is 11.8 Å². The second-order valence-corrected chi connectivity index (χ2v) is 8.05. The number of nitrogens with one attached hydrogen (secondary N) is 1. The van der Waals surface area contributed by atoms with Crippen LogP contribution in [0.1, 0.15) is 25.5 Å². The van der Waals surface area contributed by atoms with Crippen LogP contribution in [-0.2, 0) is 11.3 Å². The van der Waals surface area contributed by atoms with Gasteiger partial charge in [-0.3, -0.25) is 4.90 Å². The van der Waals surface area contributed by atoms with E-state index >= 15 is 0 Å². The molecule has 1 aliphatic heterocycles. The van der Waals surface area contributed by atoms with Crippen LogP contribution in [-0.4, -0.2) is 72.4 Å². The van der Waals surface area contributed by atoms with Crippen LogP contribution in [0.25, 0.3) is 10.9 Å². The minimum Gasteiger partial charge on any atom is -0.389 e. The van der Waals surface area contributed by atoms with Crippen LogP contribution >= 0.6 is 0 Å². The molecular formula is C23H29F4N3O2. The van der Waals surface area contributed by atoms with Gasteiger partial charge >= 0.3 is 6.18 Å². The third-order valence-electron chi connectivity index (χ3n) is 5.47. The van der Waals surface area contributed by atoms with Crippen LogP contribution in [0.15, 0.2) is 24.3 Å². The summed E-state index contributed by atoms with van der Waals surface area (Å²) < 4.78 is 60.5. The molecule has 176 valence electrons. The van der Waals surface area contributed by atoms with Crippen molar-refractivity contribution in [1.82, 2.24) is 9.47 Å². The lowest BCUT2D eigenvalue weighted by Crippen LogP contribution is -2.50. The molecule has 3 unspecified atom stereocenters. The number of methoxy groups -OCH3 is 1. The first kappa shape index (κ1) is 24.4. The number of hydrogen-bond acceptors (Lipinski definition) is 4. The lowest BCUT2D eigenvalue weighted by molar-refractivity contribution is -0.140. The maximum Gasteiger partial charge on any atom is 0.406 e. The molecule has 0 bridgehead atoms. The van der Waals surface area contributed by atoms with Gasteiger partial charge in [-0.2, -0.15) is 13.2 Å². The van der Waals surface area contributed by atoms with E-state index in [4.69, 9.17) is 4.74 Å². The number of likely N-dealkylation sites (tertiary alicyclic amines) is 1. The molecule has 1 fully saturated rings. The molecule has 0 radical (unpaired) electrons. The van der Waals surface area contributed by atoms with E-state index in [1.54, 1.807) is 24.3 Å². The molecule has 0 saturated carbocycles. The maximum absolute atomic E-state index is 14.9. The van der Waals surface area contributed by atoms with Crippen molar-refractivity contribution in [2.24, 2.45) is 0 Å². The lowest BCUT2D eigenvalue weighted by atomic mass is 10.0. The van der Waals surface area contributed by atoms with E-state index in [0.717, 1.165) is 4.57 Å². The smallest absolute Gasteiger partial charge is 0.389 e. The monoisotopic (exact) mass is 455 g/mol. The van der Waals surface area contributed by atoms with Crippen molar-refractivity contribution >= 4 is 16.6 Å². The standard InChI is InChI=1S/C23H29F4N3O2/c1-3-4-6-16-11-18-20(7-5-8-22(18)30(16)15-23(25,26)27)28-21-9-10-29(13-19(21)24)12-17(31)14-32-2/h5,7-8,11,17,19,21,28,31H,3,9-10,12-15H2,1-2H3. The predicted molar refractivity (Wildman–Crippen MR) is 116 cm³/mol. The quantitative estimate of drug-likeness (QED) is 0.493. The highest BCUT2D eigenvalue weighted by molar-refractivity contribution is 5.94. The number of aliphatic hydroxyl groups is 1. The highest BCUT2D eigenvalue weighted by Crippen LogP contribution is 2.31. The molecule has 1 aromatic carbocycles. The molecular weight excluding hydrogens is 426 g/mol. The number of ether oxygens (including phenoxy) is 1. The molecule has 2 heterocycles. The van der Waals surface area contributed by atoms with E-state index in [2.05, 4.69) is 17.2 Å². The Hall–Kier alpha value is -2.28. The summed E-state index contributed by atoms with van der Waals surface area (Å²) >= 11 is 0. The number of nitrogens with zero attached hydrogens (tertiary/aromatic N) is 2. The van der Waals surface area contributed by atoms with E-state index in [-0.39, 0.29) is 18.8 Å². The number of rotatable bonds is 7. The number of benzene rings is 1. The number of aromatic nitrogens is 1. The number of alkyl halides is 4. The molecule has 2 N–H and O–H groups in total. The average Bonchev–Trinajstić information content (AvgIpc) is 3.05. The molecule has 0 aliphatic carbocycles. The summed E-state index contributed by atoms with van der Waals surface area (Å²) in [4.78, 5) is 1.85. The summed E-state index contributed by atoms with van der Waals surface area (Å²) in [5.41, 5.74) is 1.28.